The average molecular weight is 662 g/mol. The summed E-state index contributed by atoms with van der Waals surface area (Å²) >= 11 is 2.30. The number of benzene rings is 1. The Balaban J connectivity index is 1.58. The monoisotopic (exact) mass is 661 g/mol. The number of nitrogens with zero attached hydrogens (tertiary/aromatic N) is 3. The first-order chi connectivity index (χ1) is 18.2. The number of aryl methyl sites for hydroxylation is 3. The molecule has 3 aromatic rings. The Labute approximate surface area is 246 Å². The molecule has 9 heteroatoms. The van der Waals surface area contributed by atoms with Crippen molar-refractivity contribution in [2.45, 2.75) is 77.8 Å². The maximum absolute atomic E-state index is 12.5. The van der Waals surface area contributed by atoms with Crippen LogP contribution >= 0.6 is 22.6 Å². The van der Waals surface area contributed by atoms with Gasteiger partial charge in [0.15, 0.2) is 8.32 Å². The van der Waals surface area contributed by atoms with Crippen LogP contribution in [0.2, 0.25) is 18.1 Å². The van der Waals surface area contributed by atoms with Crippen molar-refractivity contribution in [2.24, 2.45) is 0 Å². The van der Waals surface area contributed by atoms with Gasteiger partial charge in [0.05, 0.1) is 19.2 Å². The third kappa shape index (κ3) is 6.86. The van der Waals surface area contributed by atoms with Crippen molar-refractivity contribution in [1.82, 2.24) is 14.5 Å². The Hall–Kier alpha value is -2.37. The number of amides is 1. The zero-order chi connectivity index (χ0) is 28.5. The van der Waals surface area contributed by atoms with Crippen LogP contribution in [0.3, 0.4) is 0 Å². The van der Waals surface area contributed by atoms with Crippen LogP contribution < -0.4 is 4.74 Å². The maximum Gasteiger partial charge on any atom is 0.407 e. The predicted molar refractivity (Wildman–Crippen MR) is 166 cm³/mol. The lowest BCUT2D eigenvalue weighted by molar-refractivity contribution is 0.0688. The Morgan fingerprint density at radius 3 is 2.49 bits per heavy atom. The summed E-state index contributed by atoms with van der Waals surface area (Å²) < 4.78 is 16.4. The van der Waals surface area contributed by atoms with Gasteiger partial charge >= 0.3 is 6.09 Å². The van der Waals surface area contributed by atoms with E-state index in [1.807, 2.05) is 30.5 Å². The normalized spacial score (nSPS) is 16.4. The zero-order valence-corrected chi connectivity index (χ0v) is 27.2. The molecule has 39 heavy (non-hydrogen) atoms. The lowest BCUT2D eigenvalue weighted by Gasteiger charge is -2.40. The largest absolute Gasteiger partial charge is 0.488 e. The molecule has 0 bridgehead atoms. The molecule has 0 spiro atoms. The van der Waals surface area contributed by atoms with E-state index in [0.29, 0.717) is 0 Å². The molecule has 0 saturated heterocycles. The summed E-state index contributed by atoms with van der Waals surface area (Å²) in [5, 5.41) is 10.2. The summed E-state index contributed by atoms with van der Waals surface area (Å²) in [4.78, 5) is 18.7. The second kappa shape index (κ2) is 11.6. The molecule has 0 saturated carbocycles. The molecule has 0 fully saturated rings. The highest BCUT2D eigenvalue weighted by Gasteiger charge is 2.40. The highest BCUT2D eigenvalue weighted by Crippen LogP contribution is 2.40. The van der Waals surface area contributed by atoms with Gasteiger partial charge in [0.1, 0.15) is 17.7 Å². The van der Waals surface area contributed by atoms with Crippen LogP contribution in [0.25, 0.3) is 5.82 Å². The van der Waals surface area contributed by atoms with Crippen molar-refractivity contribution in [1.29, 1.82) is 0 Å². The standard InChI is InChI=1S/C30H40IN3O4Si/c1-20-8-9-21(2)34(20)28-15-11-23(17-32-28)27(38-39(6,7)30(3,4)5)19-33(29(35)36)18-25-13-10-22-16-24(31)12-14-26(22)37-25/h8-9,11-12,14-17,25,27H,10,13,18-19H2,1-7H3,(H,35,36)/t25-,27+/m1/s1. The minimum absolute atomic E-state index is 0.0280. The molecule has 1 N–H and O–H groups in total. The van der Waals surface area contributed by atoms with E-state index < -0.39 is 20.5 Å². The summed E-state index contributed by atoms with van der Waals surface area (Å²) in [7, 11) is -2.23. The summed E-state index contributed by atoms with van der Waals surface area (Å²) in [5.74, 6) is 1.69. The van der Waals surface area contributed by atoms with E-state index in [1.54, 1.807) is 0 Å². The molecule has 4 rings (SSSR count). The van der Waals surface area contributed by atoms with Gasteiger partial charge in [-0.25, -0.2) is 9.78 Å². The minimum atomic E-state index is -2.23. The maximum atomic E-state index is 12.5. The number of carboxylic acid groups (broad SMARTS) is 1. The predicted octanol–water partition coefficient (Wildman–Crippen LogP) is 7.53. The Morgan fingerprint density at radius 1 is 1.21 bits per heavy atom. The SMILES string of the molecule is Cc1ccc(C)n1-c1ccc([C@H](CN(C[C@H]2CCc3cc(I)ccc3O2)C(=O)O)O[Si](C)(C)C(C)(C)C)cn1. The van der Waals surface area contributed by atoms with E-state index in [2.05, 4.69) is 93.1 Å². The van der Waals surface area contributed by atoms with Gasteiger partial charge in [0.2, 0.25) is 0 Å². The second-order valence-electron chi connectivity index (χ2n) is 12.0. The highest BCUT2D eigenvalue weighted by atomic mass is 127. The first kappa shape index (κ1) is 29.6. The molecule has 0 aliphatic carbocycles. The molecule has 210 valence electrons. The van der Waals surface area contributed by atoms with Gasteiger partial charge in [-0.05, 0) is 115 Å². The summed E-state index contributed by atoms with van der Waals surface area (Å²) in [6.45, 7) is 15.6. The van der Waals surface area contributed by atoms with Gasteiger partial charge in [-0.2, -0.15) is 0 Å². The van der Waals surface area contributed by atoms with Gasteiger partial charge in [-0.3, -0.25) is 0 Å². The van der Waals surface area contributed by atoms with E-state index in [4.69, 9.17) is 14.1 Å². The number of carbonyl (C=O) groups is 1. The molecule has 7 nitrogen and oxygen atoms in total. The van der Waals surface area contributed by atoms with E-state index >= 15 is 0 Å². The van der Waals surface area contributed by atoms with Crippen molar-refractivity contribution in [2.75, 3.05) is 13.1 Å². The van der Waals surface area contributed by atoms with Crippen LogP contribution in [0.15, 0.2) is 48.7 Å². The number of halogens is 1. The van der Waals surface area contributed by atoms with Crippen LogP contribution in [-0.4, -0.2) is 53.2 Å². The lowest BCUT2D eigenvalue weighted by Crippen LogP contribution is -2.47. The van der Waals surface area contributed by atoms with Gasteiger partial charge in [0, 0.05) is 21.2 Å². The Bertz CT molecular complexity index is 1300. The minimum Gasteiger partial charge on any atom is -0.488 e. The van der Waals surface area contributed by atoms with Crippen molar-refractivity contribution >= 4 is 37.0 Å². The van der Waals surface area contributed by atoms with Crippen molar-refractivity contribution in [3.63, 3.8) is 0 Å². The highest BCUT2D eigenvalue weighted by molar-refractivity contribution is 14.1. The summed E-state index contributed by atoms with van der Waals surface area (Å²) in [6, 6.07) is 14.3. The molecule has 3 heterocycles. The van der Waals surface area contributed by atoms with Crippen molar-refractivity contribution in [3.05, 3.63) is 74.7 Å². The number of fused-ring (bicyclic) bond motifs is 1. The van der Waals surface area contributed by atoms with E-state index in [-0.39, 0.29) is 24.2 Å². The molecule has 1 aliphatic heterocycles. The van der Waals surface area contributed by atoms with Crippen molar-refractivity contribution in [3.8, 4) is 11.6 Å². The first-order valence-electron chi connectivity index (χ1n) is 13.5. The molecule has 2 aromatic heterocycles. The molecule has 1 aromatic carbocycles. The number of pyridine rings is 1. The fraction of sp³-hybridized carbons (Fsp3) is 0.467. The van der Waals surface area contributed by atoms with Gasteiger partial charge in [-0.1, -0.05) is 26.8 Å². The molecule has 1 aliphatic rings. The molecule has 1 amide bonds. The molecule has 2 atom stereocenters. The Kier molecular flexibility index (Phi) is 8.82. The smallest absolute Gasteiger partial charge is 0.407 e. The Morgan fingerprint density at radius 2 is 1.90 bits per heavy atom. The number of hydrogen-bond donors (Lipinski definition) is 1. The van der Waals surface area contributed by atoms with Crippen LogP contribution in [-0.2, 0) is 10.8 Å². The molecular formula is C30H40IN3O4Si. The van der Waals surface area contributed by atoms with Crippen LogP contribution in [0.1, 0.15) is 55.8 Å². The van der Waals surface area contributed by atoms with E-state index in [9.17, 15) is 9.90 Å². The first-order valence-corrected chi connectivity index (χ1v) is 17.5. The average Bonchev–Trinajstić information content (AvgIpc) is 3.20. The van der Waals surface area contributed by atoms with Crippen LogP contribution in [0.5, 0.6) is 5.75 Å². The third-order valence-electron chi connectivity index (χ3n) is 8.02. The number of rotatable bonds is 8. The fourth-order valence-electron chi connectivity index (χ4n) is 4.71. The number of aromatic nitrogens is 2. The van der Waals surface area contributed by atoms with Crippen molar-refractivity contribution < 1.29 is 19.1 Å². The molecule has 0 unspecified atom stereocenters. The van der Waals surface area contributed by atoms with Crippen LogP contribution in [0.4, 0.5) is 4.79 Å². The number of hydrogen-bond acceptors (Lipinski definition) is 4. The summed E-state index contributed by atoms with van der Waals surface area (Å²) in [5.41, 5.74) is 4.28. The summed E-state index contributed by atoms with van der Waals surface area (Å²) in [6.07, 6.45) is 1.86. The van der Waals surface area contributed by atoms with Gasteiger partial charge in [-0.15, -0.1) is 0 Å². The zero-order valence-electron chi connectivity index (χ0n) is 24.0. The third-order valence-corrected chi connectivity index (χ3v) is 13.2. The topological polar surface area (TPSA) is 76.8 Å². The number of ether oxygens (including phenoxy) is 1. The van der Waals surface area contributed by atoms with Gasteiger partial charge < -0.3 is 23.7 Å². The van der Waals surface area contributed by atoms with Crippen LogP contribution in [0, 0.1) is 17.4 Å². The van der Waals surface area contributed by atoms with E-state index in [1.165, 1.54) is 14.0 Å². The second-order valence-corrected chi connectivity index (χ2v) is 18.0. The molecular weight excluding hydrogens is 621 g/mol. The fourth-order valence-corrected chi connectivity index (χ4v) is 6.54. The van der Waals surface area contributed by atoms with E-state index in [0.717, 1.165) is 41.4 Å². The molecule has 0 radical (unpaired) electrons. The quantitative estimate of drug-likeness (QED) is 0.200. The lowest BCUT2D eigenvalue weighted by atomic mass is 10.0. The van der Waals surface area contributed by atoms with Gasteiger partial charge in [0.25, 0.3) is 0 Å².